The van der Waals surface area contributed by atoms with Crippen LogP contribution in [0.3, 0.4) is 0 Å². The second-order valence-corrected chi connectivity index (χ2v) is 4.67. The Labute approximate surface area is 145 Å². The number of rotatable bonds is 0. The number of hydrogen-bond acceptors (Lipinski definition) is 3. The Kier molecular flexibility index (Phi) is 10.1. The number of hydrogen-bond donors (Lipinski definition) is 0. The Hall–Kier alpha value is -0.416. The van der Waals surface area contributed by atoms with Crippen molar-refractivity contribution in [1.82, 2.24) is 0 Å². The second kappa shape index (κ2) is 10.3. The fraction of sp³-hybridized carbons (Fsp3) is 0. The van der Waals surface area contributed by atoms with Crippen molar-refractivity contribution in [2.24, 2.45) is 0 Å². The van der Waals surface area contributed by atoms with E-state index in [9.17, 15) is 10.2 Å². The van der Waals surface area contributed by atoms with E-state index in [1.165, 1.54) is 12.1 Å². The molecule has 105 valence electrons. The van der Waals surface area contributed by atoms with Crippen LogP contribution >= 0.6 is 46.4 Å². The first kappa shape index (κ1) is 19.6. The third-order valence-corrected chi connectivity index (χ3v) is 3.44. The van der Waals surface area contributed by atoms with Gasteiger partial charge in [0.1, 0.15) is 0 Å². The van der Waals surface area contributed by atoms with Gasteiger partial charge in [0.05, 0.1) is 20.1 Å². The van der Waals surface area contributed by atoms with Gasteiger partial charge in [0.25, 0.3) is 0 Å². The normalized spacial score (nSPS) is 8.90. The summed E-state index contributed by atoms with van der Waals surface area (Å²) in [5.74, 6) is -0.465. The van der Waals surface area contributed by atoms with Crippen LogP contribution in [0, 0.1) is 0 Å². The van der Waals surface area contributed by atoms with E-state index in [1.54, 1.807) is 24.3 Å². The van der Waals surface area contributed by atoms with Crippen molar-refractivity contribution >= 4 is 46.4 Å². The zero-order chi connectivity index (χ0) is 15.7. The molecule has 0 aliphatic heterocycles. The van der Waals surface area contributed by atoms with E-state index < -0.39 is 0 Å². The number of benzene rings is 2. The molecule has 0 unspecified atom stereocenters. The molecule has 2 aromatic rings. The Morgan fingerprint density at radius 1 is 0.700 bits per heavy atom. The molecule has 0 saturated carbocycles. The molecule has 3 nitrogen and oxygen atoms in total. The van der Waals surface area contributed by atoms with Gasteiger partial charge in [0.15, 0.2) is 0 Å². The molecule has 0 aliphatic rings. The van der Waals surface area contributed by atoms with E-state index in [0.717, 1.165) is 17.4 Å². The van der Waals surface area contributed by atoms with E-state index >= 15 is 0 Å². The first-order chi connectivity index (χ1) is 9.43. The Morgan fingerprint density at radius 3 is 1.20 bits per heavy atom. The van der Waals surface area contributed by atoms with Crippen molar-refractivity contribution in [3.05, 3.63) is 56.5 Å². The van der Waals surface area contributed by atoms with Crippen LogP contribution in [0.15, 0.2) is 36.4 Å². The van der Waals surface area contributed by atoms with E-state index in [2.05, 4.69) is 0 Å². The molecule has 0 aromatic heterocycles. The van der Waals surface area contributed by atoms with Gasteiger partial charge < -0.3 is 10.2 Å². The fourth-order valence-corrected chi connectivity index (χ4v) is 1.55. The predicted molar refractivity (Wildman–Crippen MR) is 72.5 cm³/mol. The van der Waals surface area contributed by atoms with Gasteiger partial charge in [-0.05, 0) is 12.1 Å². The topological polar surface area (TPSA) is 63.2 Å². The van der Waals surface area contributed by atoms with Crippen molar-refractivity contribution < 1.29 is 31.3 Å². The summed E-state index contributed by atoms with van der Waals surface area (Å²) in [6, 6.07) is 9.02. The predicted octanol–water partition coefficient (Wildman–Crippen LogP) is 4.01. The van der Waals surface area contributed by atoms with Gasteiger partial charge >= 0.3 is 21.0 Å². The van der Waals surface area contributed by atoms with Gasteiger partial charge in [-0.3, -0.25) is 0 Å². The van der Waals surface area contributed by atoms with E-state index in [-0.39, 0.29) is 21.5 Å². The van der Waals surface area contributed by atoms with Gasteiger partial charge in [-0.15, -0.1) is 0 Å². The molecule has 0 atom stereocenters. The minimum atomic E-state index is -0.232. The Morgan fingerprint density at radius 2 is 1.00 bits per heavy atom. The molecule has 2 rings (SSSR count). The summed E-state index contributed by atoms with van der Waals surface area (Å²) >= 11 is 22.9. The van der Waals surface area contributed by atoms with Crippen molar-refractivity contribution in [3.63, 3.8) is 0 Å². The molecule has 0 N–H and O–H groups in total. The van der Waals surface area contributed by atoms with Crippen LogP contribution in [0.2, 0.25) is 20.1 Å². The summed E-state index contributed by atoms with van der Waals surface area (Å²) in [5.41, 5.74) is 0. The second-order valence-electron chi connectivity index (χ2n) is 3.10. The van der Waals surface area contributed by atoms with Crippen LogP contribution in [0.4, 0.5) is 0 Å². The van der Waals surface area contributed by atoms with Crippen molar-refractivity contribution in [2.45, 2.75) is 0 Å². The van der Waals surface area contributed by atoms with Gasteiger partial charge in [0.2, 0.25) is 0 Å². The molecule has 0 spiro atoms. The molecule has 0 bridgehead atoms. The number of halogens is 4. The summed E-state index contributed by atoms with van der Waals surface area (Å²) < 4.78 is 8.19. The summed E-state index contributed by atoms with van der Waals surface area (Å²) in [4.78, 5) is 0. The van der Waals surface area contributed by atoms with Crippen LogP contribution in [-0.2, 0) is 21.0 Å². The first-order valence-electron chi connectivity index (χ1n) is 4.83. The Balaban J connectivity index is 0.000000321. The molecule has 2 aromatic carbocycles. The monoisotopic (exact) mass is 389 g/mol. The van der Waals surface area contributed by atoms with Crippen LogP contribution in [0.5, 0.6) is 11.5 Å². The molecule has 0 heterocycles. The summed E-state index contributed by atoms with van der Waals surface area (Å²) in [6.07, 6.45) is 0. The molecular formula is C12H6Cl4O3V. The van der Waals surface area contributed by atoms with Gasteiger partial charge in [-0.25, -0.2) is 0 Å². The minimum absolute atomic E-state index is 0.0965. The molecule has 20 heavy (non-hydrogen) atoms. The molecule has 0 aliphatic carbocycles. The molecule has 8 heteroatoms. The summed E-state index contributed by atoms with van der Waals surface area (Å²) in [5, 5.41) is 22.1. The van der Waals surface area contributed by atoms with Gasteiger partial charge in [0, 0.05) is 0 Å². The van der Waals surface area contributed by atoms with E-state index in [1.807, 2.05) is 0 Å². The van der Waals surface area contributed by atoms with Gasteiger partial charge in [-0.2, -0.15) is 0 Å². The Bertz CT molecular complexity index is 476. The maximum atomic E-state index is 10.6. The standard InChI is InChI=1S/2C6H4Cl2O.O.V/c2*7-4-2-1-3-5(9)6(4)8;;/h2*1-3,9H;;/q;;;+2/p-2. The van der Waals surface area contributed by atoms with Gasteiger partial charge in [-0.1, -0.05) is 82.2 Å². The van der Waals surface area contributed by atoms with Crippen molar-refractivity contribution in [3.8, 4) is 11.5 Å². The summed E-state index contributed by atoms with van der Waals surface area (Å²) in [7, 11) is 0. The maximum absolute atomic E-state index is 10.6. The molecule has 0 amide bonds. The van der Waals surface area contributed by atoms with Crippen molar-refractivity contribution in [1.29, 1.82) is 0 Å². The third kappa shape index (κ3) is 6.36. The van der Waals surface area contributed by atoms with Crippen LogP contribution in [-0.4, -0.2) is 0 Å². The van der Waals surface area contributed by atoms with E-state index in [4.69, 9.17) is 50.1 Å². The quantitative estimate of drug-likeness (QED) is 0.682. The van der Waals surface area contributed by atoms with E-state index in [0.29, 0.717) is 10.0 Å². The third-order valence-electron chi connectivity index (χ3n) is 1.83. The first-order valence-corrected chi connectivity index (χ1v) is 6.92. The summed E-state index contributed by atoms with van der Waals surface area (Å²) in [6.45, 7) is 0. The SMILES string of the molecule is [O-]c1cccc(Cl)c1Cl.[O-]c1cccc(Cl)c1Cl.[O]=[V+2]. The van der Waals surface area contributed by atoms with Crippen molar-refractivity contribution in [2.75, 3.05) is 0 Å². The molecule has 0 fully saturated rings. The zero-order valence-corrected chi connectivity index (χ0v) is 14.1. The zero-order valence-electron chi connectivity index (χ0n) is 9.65. The molecule has 0 saturated heterocycles. The van der Waals surface area contributed by atoms with Crippen LogP contribution in [0.1, 0.15) is 0 Å². The molecule has 0 radical (unpaired) electrons. The van der Waals surface area contributed by atoms with Crippen LogP contribution in [0.25, 0.3) is 0 Å². The molecular weight excluding hydrogens is 385 g/mol. The average molecular weight is 391 g/mol. The average Bonchev–Trinajstić information content (AvgIpc) is 2.45. The fourth-order valence-electron chi connectivity index (χ4n) is 0.968. The van der Waals surface area contributed by atoms with Crippen LogP contribution < -0.4 is 10.2 Å².